The van der Waals surface area contributed by atoms with Gasteiger partial charge >= 0.3 is 10.2 Å². The molecule has 0 spiro atoms. The zero-order chi connectivity index (χ0) is 13.1. The van der Waals surface area contributed by atoms with E-state index in [4.69, 9.17) is 11.1 Å². The average Bonchev–Trinajstić information content (AvgIpc) is 2.19. The van der Waals surface area contributed by atoms with Crippen molar-refractivity contribution in [2.24, 2.45) is 5.73 Å². The Labute approximate surface area is 101 Å². The molecular weight excluding hydrogens is 240 g/mol. The van der Waals surface area contributed by atoms with Gasteiger partial charge in [-0.3, -0.25) is 10.1 Å². The lowest BCUT2D eigenvalue weighted by Crippen LogP contribution is -2.28. The Morgan fingerprint density at radius 3 is 2.29 bits per heavy atom. The summed E-state index contributed by atoms with van der Waals surface area (Å²) in [5.74, 6) is 0.0756. The van der Waals surface area contributed by atoms with Crippen molar-refractivity contribution in [1.82, 2.24) is 4.31 Å². The minimum Gasteiger partial charge on any atom is -0.387 e. The lowest BCUT2D eigenvalue weighted by atomic mass is 10.1. The van der Waals surface area contributed by atoms with Crippen LogP contribution in [-0.4, -0.2) is 32.7 Å². The molecule has 0 heterocycles. The molecule has 0 amide bonds. The zero-order valence-corrected chi connectivity index (χ0v) is 10.6. The zero-order valence-electron chi connectivity index (χ0n) is 9.77. The van der Waals surface area contributed by atoms with E-state index in [2.05, 4.69) is 4.72 Å². The first-order valence-corrected chi connectivity index (χ1v) is 6.37. The van der Waals surface area contributed by atoms with Crippen LogP contribution in [0.25, 0.3) is 0 Å². The number of nitrogens with zero attached hydrogens (tertiary/aromatic N) is 1. The van der Waals surface area contributed by atoms with E-state index < -0.39 is 10.2 Å². The molecule has 0 atom stereocenters. The largest absolute Gasteiger partial charge is 0.387 e. The van der Waals surface area contributed by atoms with Gasteiger partial charge in [-0.05, 0) is 17.7 Å². The lowest BCUT2D eigenvalue weighted by molar-refractivity contribution is 0.527. The number of hydrogen-bond donors (Lipinski definition) is 3. The third kappa shape index (κ3) is 4.04. The second kappa shape index (κ2) is 5.15. The Hall–Kier alpha value is -1.60. The van der Waals surface area contributed by atoms with E-state index in [1.807, 2.05) is 0 Å². The molecule has 0 aliphatic carbocycles. The molecule has 17 heavy (non-hydrogen) atoms. The number of amidine groups is 1. The summed E-state index contributed by atoms with van der Waals surface area (Å²) in [5.41, 5.74) is 6.61. The summed E-state index contributed by atoms with van der Waals surface area (Å²) in [5, 5.41) is 7.15. The molecule has 0 bridgehead atoms. The first-order chi connectivity index (χ1) is 7.81. The molecule has 0 saturated heterocycles. The Morgan fingerprint density at radius 2 is 1.88 bits per heavy atom. The van der Waals surface area contributed by atoms with Gasteiger partial charge in [0.15, 0.2) is 0 Å². The normalized spacial score (nSPS) is 11.5. The van der Waals surface area contributed by atoms with E-state index in [0.29, 0.717) is 12.1 Å². The molecule has 4 N–H and O–H groups in total. The van der Waals surface area contributed by atoms with Crippen LogP contribution in [-0.2, 0) is 16.6 Å². The van der Waals surface area contributed by atoms with Crippen molar-refractivity contribution in [2.45, 2.75) is 6.42 Å². The number of rotatable bonds is 5. The molecule has 0 fully saturated rings. The van der Waals surface area contributed by atoms with Crippen molar-refractivity contribution in [2.75, 3.05) is 18.8 Å². The monoisotopic (exact) mass is 256 g/mol. The van der Waals surface area contributed by atoms with E-state index in [0.717, 1.165) is 9.87 Å². The number of hydrogen-bond acceptors (Lipinski definition) is 3. The highest BCUT2D eigenvalue weighted by atomic mass is 32.2. The van der Waals surface area contributed by atoms with Gasteiger partial charge in [-0.1, -0.05) is 12.1 Å². The predicted molar refractivity (Wildman–Crippen MR) is 68.3 cm³/mol. The summed E-state index contributed by atoms with van der Waals surface area (Å²) >= 11 is 0. The summed E-state index contributed by atoms with van der Waals surface area (Å²) in [7, 11) is -0.569. The molecule has 0 radical (unpaired) electrons. The number of nitrogens with two attached hydrogens (primary N) is 1. The molecule has 0 unspecified atom stereocenters. The summed E-state index contributed by atoms with van der Waals surface area (Å²) in [4.78, 5) is 0. The van der Waals surface area contributed by atoms with Gasteiger partial charge in [0.05, 0.1) is 5.84 Å². The minimum absolute atomic E-state index is 0.0756. The Bertz CT molecular complexity index is 494. The topological polar surface area (TPSA) is 99.3 Å². The third-order valence-corrected chi connectivity index (χ3v) is 3.53. The third-order valence-electron chi connectivity index (χ3n) is 2.08. The van der Waals surface area contributed by atoms with Gasteiger partial charge in [-0.15, -0.1) is 0 Å². The van der Waals surface area contributed by atoms with Crippen LogP contribution in [0, 0.1) is 5.41 Å². The summed E-state index contributed by atoms with van der Waals surface area (Å²) < 4.78 is 26.6. The van der Waals surface area contributed by atoms with Gasteiger partial charge in [0.25, 0.3) is 0 Å². The molecule has 0 aliphatic heterocycles. The van der Waals surface area contributed by atoms with E-state index in [1.54, 1.807) is 24.3 Å². The van der Waals surface area contributed by atoms with Gasteiger partial charge in [-0.25, -0.2) is 0 Å². The fourth-order valence-electron chi connectivity index (χ4n) is 1.15. The van der Waals surface area contributed by atoms with Gasteiger partial charge in [0.1, 0.15) is 0 Å². The number of nitrogens with one attached hydrogen (secondary N) is 2. The number of anilines is 1. The van der Waals surface area contributed by atoms with Crippen molar-refractivity contribution in [3.8, 4) is 0 Å². The molecule has 0 aromatic heterocycles. The van der Waals surface area contributed by atoms with Crippen molar-refractivity contribution in [3.05, 3.63) is 29.8 Å². The van der Waals surface area contributed by atoms with Crippen LogP contribution in [0.3, 0.4) is 0 Å². The maximum atomic E-state index is 11.5. The molecule has 6 nitrogen and oxygen atoms in total. The van der Waals surface area contributed by atoms with Crippen LogP contribution in [0.4, 0.5) is 5.69 Å². The summed E-state index contributed by atoms with van der Waals surface area (Å²) in [6.45, 7) is 0. The fourth-order valence-corrected chi connectivity index (χ4v) is 1.77. The summed E-state index contributed by atoms with van der Waals surface area (Å²) in [6, 6.07) is 6.74. The molecule has 1 rings (SSSR count). The van der Waals surface area contributed by atoms with Crippen molar-refractivity contribution < 1.29 is 8.42 Å². The lowest BCUT2D eigenvalue weighted by Gasteiger charge is -2.13. The van der Waals surface area contributed by atoms with Crippen LogP contribution < -0.4 is 10.5 Å². The Balaban J connectivity index is 2.79. The second-order valence-electron chi connectivity index (χ2n) is 3.79. The standard InChI is InChI=1S/C10H16N4O2S/c1-14(2)17(15,16)13-9-5-3-8(4-6-9)7-10(11)12/h3-6,13H,7H2,1-2H3,(H3,11,12). The molecule has 0 aliphatic rings. The Morgan fingerprint density at radius 1 is 1.35 bits per heavy atom. The minimum atomic E-state index is -3.47. The average molecular weight is 256 g/mol. The molecule has 1 aromatic carbocycles. The van der Waals surface area contributed by atoms with E-state index in [1.165, 1.54) is 14.1 Å². The smallest absolute Gasteiger partial charge is 0.301 e. The Kier molecular flexibility index (Phi) is 4.08. The summed E-state index contributed by atoms with van der Waals surface area (Å²) in [6.07, 6.45) is 0.362. The van der Waals surface area contributed by atoms with Crippen molar-refractivity contribution in [1.29, 1.82) is 5.41 Å². The first kappa shape index (κ1) is 13.5. The quantitative estimate of drug-likeness (QED) is 0.524. The first-order valence-electron chi connectivity index (χ1n) is 4.93. The highest BCUT2D eigenvalue weighted by Gasteiger charge is 2.12. The molecule has 0 saturated carbocycles. The predicted octanol–water partition coefficient (Wildman–Crippen LogP) is 0.383. The highest BCUT2D eigenvalue weighted by Crippen LogP contribution is 2.12. The van der Waals surface area contributed by atoms with Crippen LogP contribution in [0.5, 0.6) is 0 Å². The van der Waals surface area contributed by atoms with E-state index >= 15 is 0 Å². The second-order valence-corrected chi connectivity index (χ2v) is 5.67. The fraction of sp³-hybridized carbons (Fsp3) is 0.300. The van der Waals surface area contributed by atoms with E-state index in [-0.39, 0.29) is 5.84 Å². The molecule has 7 heteroatoms. The van der Waals surface area contributed by atoms with Crippen LogP contribution in [0.2, 0.25) is 0 Å². The van der Waals surface area contributed by atoms with Crippen LogP contribution in [0.1, 0.15) is 5.56 Å². The van der Waals surface area contributed by atoms with Crippen molar-refractivity contribution >= 4 is 21.7 Å². The number of benzene rings is 1. The van der Waals surface area contributed by atoms with E-state index in [9.17, 15) is 8.42 Å². The maximum absolute atomic E-state index is 11.5. The SMILES string of the molecule is CN(C)S(=O)(=O)Nc1ccc(CC(=N)N)cc1. The molecular formula is C10H16N4O2S. The van der Waals surface area contributed by atoms with Crippen LogP contribution in [0.15, 0.2) is 24.3 Å². The molecule has 1 aromatic rings. The van der Waals surface area contributed by atoms with Gasteiger partial charge in [0, 0.05) is 26.2 Å². The maximum Gasteiger partial charge on any atom is 0.301 e. The molecule has 94 valence electrons. The highest BCUT2D eigenvalue weighted by molar-refractivity contribution is 7.90. The van der Waals surface area contributed by atoms with Gasteiger partial charge < -0.3 is 5.73 Å². The van der Waals surface area contributed by atoms with Crippen LogP contribution >= 0.6 is 0 Å². The van der Waals surface area contributed by atoms with Crippen molar-refractivity contribution in [3.63, 3.8) is 0 Å². The van der Waals surface area contributed by atoms with Gasteiger partial charge in [-0.2, -0.15) is 12.7 Å². The van der Waals surface area contributed by atoms with Gasteiger partial charge in [0.2, 0.25) is 0 Å².